The minimum atomic E-state index is -0.369. The average molecular weight is 297 g/mol. The van der Waals surface area contributed by atoms with Gasteiger partial charge in [0.05, 0.1) is 5.56 Å². The number of likely N-dealkylation sites (tertiary alicyclic amines) is 1. The van der Waals surface area contributed by atoms with Gasteiger partial charge in [-0.05, 0) is 49.4 Å². The van der Waals surface area contributed by atoms with Gasteiger partial charge in [0, 0.05) is 13.1 Å². The summed E-state index contributed by atoms with van der Waals surface area (Å²) >= 11 is 0. The summed E-state index contributed by atoms with van der Waals surface area (Å²) in [5, 5.41) is 0. The molecule has 4 heteroatoms. The molecule has 1 aliphatic rings. The first-order valence-corrected chi connectivity index (χ1v) is 7.40. The molecular formula is C18H16FNO2. The number of carbonyl (C=O) groups is 1. The van der Waals surface area contributed by atoms with Crippen molar-refractivity contribution in [3.8, 4) is 11.8 Å². The predicted octanol–water partition coefficient (Wildman–Crippen LogP) is 3.44. The maximum atomic E-state index is 13.5. The summed E-state index contributed by atoms with van der Waals surface area (Å²) in [5.74, 6) is 5.66. The van der Waals surface area contributed by atoms with E-state index in [0.717, 1.165) is 25.9 Å². The van der Waals surface area contributed by atoms with Gasteiger partial charge in [0.15, 0.2) is 11.5 Å². The highest BCUT2D eigenvalue weighted by molar-refractivity contribution is 5.91. The quantitative estimate of drug-likeness (QED) is 0.755. The summed E-state index contributed by atoms with van der Waals surface area (Å²) in [6.07, 6.45) is 3.24. The second-order valence-corrected chi connectivity index (χ2v) is 5.25. The van der Waals surface area contributed by atoms with E-state index >= 15 is 0 Å². The fourth-order valence-electron chi connectivity index (χ4n) is 2.46. The lowest BCUT2D eigenvalue weighted by atomic mass is 10.1. The van der Waals surface area contributed by atoms with Crippen LogP contribution in [0.5, 0.6) is 0 Å². The second-order valence-electron chi connectivity index (χ2n) is 5.25. The molecule has 1 amide bonds. The Balaban J connectivity index is 1.74. The third-order valence-corrected chi connectivity index (χ3v) is 3.65. The van der Waals surface area contributed by atoms with Gasteiger partial charge in [0.2, 0.25) is 0 Å². The number of hydrogen-bond acceptors (Lipinski definition) is 2. The smallest absolute Gasteiger partial charge is 0.289 e. The van der Waals surface area contributed by atoms with Crippen molar-refractivity contribution in [3.05, 3.63) is 59.3 Å². The first kappa shape index (κ1) is 14.4. The lowest BCUT2D eigenvalue weighted by molar-refractivity contribution is 0.0691. The van der Waals surface area contributed by atoms with Crippen LogP contribution in [0.1, 0.15) is 41.1 Å². The van der Waals surface area contributed by atoms with Crippen LogP contribution in [0.15, 0.2) is 40.8 Å². The van der Waals surface area contributed by atoms with Crippen LogP contribution in [-0.2, 0) is 0 Å². The molecule has 1 fully saturated rings. The number of nitrogens with zero attached hydrogens (tertiary/aromatic N) is 1. The molecule has 0 bridgehead atoms. The van der Waals surface area contributed by atoms with Crippen molar-refractivity contribution in [2.75, 3.05) is 13.1 Å². The SMILES string of the molecule is O=C(c1ccc(C#Cc2ccccc2F)o1)N1CCCCC1. The number of amides is 1. The Bertz CT molecular complexity index is 733. The molecule has 0 saturated carbocycles. The molecule has 0 spiro atoms. The summed E-state index contributed by atoms with van der Waals surface area (Å²) < 4.78 is 18.9. The number of halogens is 1. The zero-order valence-electron chi connectivity index (χ0n) is 12.1. The van der Waals surface area contributed by atoms with Crippen molar-refractivity contribution in [1.29, 1.82) is 0 Å². The van der Waals surface area contributed by atoms with Crippen LogP contribution in [-0.4, -0.2) is 23.9 Å². The molecule has 0 N–H and O–H groups in total. The highest BCUT2D eigenvalue weighted by atomic mass is 19.1. The van der Waals surface area contributed by atoms with Gasteiger partial charge in [-0.15, -0.1) is 0 Å². The normalized spacial score (nSPS) is 14.3. The van der Waals surface area contributed by atoms with E-state index in [-0.39, 0.29) is 11.7 Å². The molecule has 1 aliphatic heterocycles. The van der Waals surface area contributed by atoms with Gasteiger partial charge >= 0.3 is 0 Å². The van der Waals surface area contributed by atoms with Crippen molar-refractivity contribution in [3.63, 3.8) is 0 Å². The Hall–Kier alpha value is -2.54. The number of furan rings is 1. The second kappa shape index (κ2) is 6.48. The van der Waals surface area contributed by atoms with E-state index in [0.29, 0.717) is 17.1 Å². The molecule has 112 valence electrons. The van der Waals surface area contributed by atoms with Gasteiger partial charge in [0.25, 0.3) is 5.91 Å². The molecule has 1 aromatic carbocycles. The maximum Gasteiger partial charge on any atom is 0.289 e. The minimum Gasteiger partial charge on any atom is -0.443 e. The summed E-state index contributed by atoms with van der Waals surface area (Å²) in [4.78, 5) is 14.1. The Kier molecular flexibility index (Phi) is 4.24. The zero-order valence-corrected chi connectivity index (χ0v) is 12.1. The Morgan fingerprint density at radius 2 is 1.82 bits per heavy atom. The molecule has 2 heterocycles. The molecule has 0 aliphatic carbocycles. The van der Waals surface area contributed by atoms with E-state index in [4.69, 9.17) is 4.42 Å². The molecule has 1 saturated heterocycles. The Morgan fingerprint density at radius 3 is 2.59 bits per heavy atom. The Morgan fingerprint density at radius 1 is 1.05 bits per heavy atom. The number of benzene rings is 1. The number of piperidine rings is 1. The summed E-state index contributed by atoms with van der Waals surface area (Å²) in [5.41, 5.74) is 0.308. The maximum absolute atomic E-state index is 13.5. The van der Waals surface area contributed by atoms with E-state index in [1.54, 1.807) is 35.2 Å². The largest absolute Gasteiger partial charge is 0.443 e. The van der Waals surface area contributed by atoms with Gasteiger partial charge in [0.1, 0.15) is 5.82 Å². The fourth-order valence-corrected chi connectivity index (χ4v) is 2.46. The van der Waals surface area contributed by atoms with E-state index in [2.05, 4.69) is 11.8 Å². The molecule has 0 unspecified atom stereocenters. The monoisotopic (exact) mass is 297 g/mol. The Labute approximate surface area is 128 Å². The molecule has 2 aromatic rings. The van der Waals surface area contributed by atoms with Gasteiger partial charge < -0.3 is 9.32 Å². The standard InChI is InChI=1S/C18H16FNO2/c19-16-7-3-2-6-14(16)8-9-15-10-11-17(22-15)18(21)20-12-4-1-5-13-20/h2-3,6-7,10-11H,1,4-5,12-13H2. The predicted molar refractivity (Wildman–Crippen MR) is 80.8 cm³/mol. The summed E-state index contributed by atoms with van der Waals surface area (Å²) in [7, 11) is 0. The molecule has 22 heavy (non-hydrogen) atoms. The minimum absolute atomic E-state index is 0.0985. The van der Waals surface area contributed by atoms with Gasteiger partial charge in [-0.3, -0.25) is 4.79 Å². The topological polar surface area (TPSA) is 33.5 Å². The summed E-state index contributed by atoms with van der Waals surface area (Å²) in [6.45, 7) is 1.55. The molecule has 3 nitrogen and oxygen atoms in total. The lowest BCUT2D eigenvalue weighted by Crippen LogP contribution is -2.35. The zero-order chi connectivity index (χ0) is 15.4. The van der Waals surface area contributed by atoms with E-state index in [1.165, 1.54) is 12.5 Å². The number of rotatable bonds is 1. The molecular weight excluding hydrogens is 281 g/mol. The highest BCUT2D eigenvalue weighted by Crippen LogP contribution is 2.15. The van der Waals surface area contributed by atoms with E-state index in [9.17, 15) is 9.18 Å². The van der Waals surface area contributed by atoms with Crippen molar-refractivity contribution >= 4 is 5.91 Å². The molecule has 0 atom stereocenters. The molecule has 0 radical (unpaired) electrons. The van der Waals surface area contributed by atoms with Crippen LogP contribution < -0.4 is 0 Å². The average Bonchev–Trinajstić information content (AvgIpc) is 3.03. The van der Waals surface area contributed by atoms with Crippen LogP contribution in [0, 0.1) is 17.7 Å². The first-order chi connectivity index (χ1) is 10.7. The van der Waals surface area contributed by atoms with Crippen LogP contribution in [0.2, 0.25) is 0 Å². The third kappa shape index (κ3) is 3.20. The van der Waals surface area contributed by atoms with Gasteiger partial charge in [-0.25, -0.2) is 4.39 Å². The van der Waals surface area contributed by atoms with Crippen LogP contribution in [0.25, 0.3) is 0 Å². The lowest BCUT2D eigenvalue weighted by Gasteiger charge is -2.25. The van der Waals surface area contributed by atoms with E-state index < -0.39 is 0 Å². The fraction of sp³-hybridized carbons (Fsp3) is 0.278. The highest BCUT2D eigenvalue weighted by Gasteiger charge is 2.20. The van der Waals surface area contributed by atoms with Crippen LogP contribution >= 0.6 is 0 Å². The molecule has 1 aromatic heterocycles. The van der Waals surface area contributed by atoms with Crippen molar-refractivity contribution in [1.82, 2.24) is 4.90 Å². The van der Waals surface area contributed by atoms with Crippen molar-refractivity contribution in [2.45, 2.75) is 19.3 Å². The third-order valence-electron chi connectivity index (χ3n) is 3.65. The molecule has 3 rings (SSSR count). The first-order valence-electron chi connectivity index (χ1n) is 7.40. The number of hydrogen-bond donors (Lipinski definition) is 0. The summed E-state index contributed by atoms with van der Waals surface area (Å²) in [6, 6.07) is 9.57. The van der Waals surface area contributed by atoms with E-state index in [1.807, 2.05) is 0 Å². The van der Waals surface area contributed by atoms with Crippen molar-refractivity contribution < 1.29 is 13.6 Å². The van der Waals surface area contributed by atoms with Crippen LogP contribution in [0.4, 0.5) is 4.39 Å². The van der Waals surface area contributed by atoms with Crippen LogP contribution in [0.3, 0.4) is 0 Å². The number of carbonyl (C=O) groups excluding carboxylic acids is 1. The van der Waals surface area contributed by atoms with Gasteiger partial charge in [-0.2, -0.15) is 0 Å². The van der Waals surface area contributed by atoms with Crippen molar-refractivity contribution in [2.24, 2.45) is 0 Å². The van der Waals surface area contributed by atoms with Gasteiger partial charge in [-0.1, -0.05) is 18.1 Å².